The standard InChI is InChI=1S/C18H27FN2/c1-13(20-2)15-7-8-18(17(19)11-15)21-10-9-14-5-3-4-6-16(14)12-21/h7-8,11,13-14,16,20H,3-6,9-10,12H2,1-2H3. The summed E-state index contributed by atoms with van der Waals surface area (Å²) in [5.74, 6) is 1.60. The zero-order valence-corrected chi connectivity index (χ0v) is 13.2. The van der Waals surface area contributed by atoms with Crippen LogP contribution in [-0.2, 0) is 0 Å². The smallest absolute Gasteiger partial charge is 0.146 e. The molecule has 3 unspecified atom stereocenters. The molecular weight excluding hydrogens is 263 g/mol. The van der Waals surface area contributed by atoms with Crippen molar-refractivity contribution in [1.82, 2.24) is 5.32 Å². The van der Waals surface area contributed by atoms with Gasteiger partial charge < -0.3 is 10.2 Å². The van der Waals surface area contributed by atoms with E-state index in [9.17, 15) is 4.39 Å². The van der Waals surface area contributed by atoms with Gasteiger partial charge in [0.05, 0.1) is 5.69 Å². The minimum atomic E-state index is -0.0659. The summed E-state index contributed by atoms with van der Waals surface area (Å²) in [7, 11) is 1.91. The molecular formula is C18H27FN2. The minimum absolute atomic E-state index is 0.0659. The van der Waals surface area contributed by atoms with Gasteiger partial charge in [0, 0.05) is 19.1 Å². The Morgan fingerprint density at radius 2 is 1.95 bits per heavy atom. The Balaban J connectivity index is 1.74. The van der Waals surface area contributed by atoms with Crippen molar-refractivity contribution >= 4 is 5.69 Å². The largest absolute Gasteiger partial charge is 0.369 e. The van der Waals surface area contributed by atoms with Gasteiger partial charge in [-0.3, -0.25) is 0 Å². The second kappa shape index (κ2) is 6.35. The van der Waals surface area contributed by atoms with Crippen molar-refractivity contribution in [2.45, 2.75) is 45.1 Å². The fourth-order valence-corrected chi connectivity index (χ4v) is 4.04. The van der Waals surface area contributed by atoms with Crippen LogP contribution in [0.25, 0.3) is 0 Å². The molecule has 2 fully saturated rings. The van der Waals surface area contributed by atoms with E-state index in [1.807, 2.05) is 13.1 Å². The van der Waals surface area contributed by atoms with Gasteiger partial charge in [-0.1, -0.05) is 25.3 Å². The summed E-state index contributed by atoms with van der Waals surface area (Å²) in [6.45, 7) is 4.11. The molecule has 1 aromatic rings. The van der Waals surface area contributed by atoms with E-state index in [0.29, 0.717) is 0 Å². The fourth-order valence-electron chi connectivity index (χ4n) is 4.04. The van der Waals surface area contributed by atoms with Crippen LogP contribution in [0.4, 0.5) is 10.1 Å². The second-order valence-electron chi connectivity index (χ2n) is 6.76. The summed E-state index contributed by atoms with van der Waals surface area (Å²) in [6, 6.07) is 5.93. The molecule has 21 heavy (non-hydrogen) atoms. The highest BCUT2D eigenvalue weighted by molar-refractivity contribution is 5.50. The van der Waals surface area contributed by atoms with Crippen LogP contribution in [0.5, 0.6) is 0 Å². The maximum absolute atomic E-state index is 14.5. The van der Waals surface area contributed by atoms with Crippen LogP contribution in [0.2, 0.25) is 0 Å². The van der Waals surface area contributed by atoms with E-state index in [2.05, 4.69) is 23.2 Å². The van der Waals surface area contributed by atoms with Crippen molar-refractivity contribution < 1.29 is 4.39 Å². The lowest BCUT2D eigenvalue weighted by molar-refractivity contribution is 0.202. The number of benzene rings is 1. The van der Waals surface area contributed by atoms with Gasteiger partial charge >= 0.3 is 0 Å². The fraction of sp³-hybridized carbons (Fsp3) is 0.667. The zero-order chi connectivity index (χ0) is 14.8. The van der Waals surface area contributed by atoms with E-state index in [0.717, 1.165) is 36.2 Å². The molecule has 0 spiro atoms. The lowest BCUT2D eigenvalue weighted by Gasteiger charge is -2.42. The minimum Gasteiger partial charge on any atom is -0.369 e. The van der Waals surface area contributed by atoms with E-state index >= 15 is 0 Å². The monoisotopic (exact) mass is 290 g/mol. The summed E-state index contributed by atoms with van der Waals surface area (Å²) in [4.78, 5) is 2.27. The molecule has 1 saturated carbocycles. The number of halogens is 1. The highest BCUT2D eigenvalue weighted by Gasteiger charge is 2.31. The topological polar surface area (TPSA) is 15.3 Å². The third-order valence-electron chi connectivity index (χ3n) is 5.54. The van der Waals surface area contributed by atoms with E-state index < -0.39 is 0 Å². The van der Waals surface area contributed by atoms with E-state index in [-0.39, 0.29) is 11.9 Å². The molecule has 0 amide bonds. The van der Waals surface area contributed by atoms with Gasteiger partial charge in [-0.15, -0.1) is 0 Å². The average molecular weight is 290 g/mol. The number of fused-ring (bicyclic) bond motifs is 1. The number of piperidine rings is 1. The Bertz CT molecular complexity index is 488. The molecule has 3 atom stereocenters. The highest BCUT2D eigenvalue weighted by Crippen LogP contribution is 2.38. The molecule has 1 heterocycles. The zero-order valence-electron chi connectivity index (χ0n) is 13.2. The van der Waals surface area contributed by atoms with Crippen LogP contribution in [0, 0.1) is 17.7 Å². The molecule has 0 radical (unpaired) electrons. The molecule has 1 saturated heterocycles. The molecule has 0 aromatic heterocycles. The summed E-state index contributed by atoms with van der Waals surface area (Å²) in [6.07, 6.45) is 6.71. The third kappa shape index (κ3) is 3.08. The quantitative estimate of drug-likeness (QED) is 0.900. The van der Waals surface area contributed by atoms with Gasteiger partial charge in [-0.2, -0.15) is 0 Å². The normalized spacial score (nSPS) is 27.3. The maximum Gasteiger partial charge on any atom is 0.146 e. The van der Waals surface area contributed by atoms with Crippen LogP contribution in [0.15, 0.2) is 18.2 Å². The van der Waals surface area contributed by atoms with Crippen molar-refractivity contribution in [3.8, 4) is 0 Å². The number of hydrogen-bond donors (Lipinski definition) is 1. The molecule has 1 aliphatic heterocycles. The number of nitrogens with one attached hydrogen (secondary N) is 1. The molecule has 1 N–H and O–H groups in total. The molecule has 3 rings (SSSR count). The molecule has 2 aliphatic rings. The van der Waals surface area contributed by atoms with Crippen LogP contribution in [0.1, 0.15) is 50.6 Å². The predicted octanol–water partition coefficient (Wildman–Crippen LogP) is 4.12. The van der Waals surface area contributed by atoms with Crippen molar-refractivity contribution in [2.75, 3.05) is 25.0 Å². The van der Waals surface area contributed by atoms with Gasteiger partial charge in [-0.25, -0.2) is 4.39 Å². The number of hydrogen-bond acceptors (Lipinski definition) is 2. The van der Waals surface area contributed by atoms with Crippen molar-refractivity contribution in [2.24, 2.45) is 11.8 Å². The number of rotatable bonds is 3. The first-order chi connectivity index (χ1) is 10.2. The first kappa shape index (κ1) is 14.8. The molecule has 1 aromatic carbocycles. The lowest BCUT2D eigenvalue weighted by Crippen LogP contribution is -2.42. The average Bonchev–Trinajstić information content (AvgIpc) is 2.53. The van der Waals surface area contributed by atoms with Crippen LogP contribution >= 0.6 is 0 Å². The van der Waals surface area contributed by atoms with Crippen LogP contribution in [-0.4, -0.2) is 20.1 Å². The SMILES string of the molecule is CNC(C)c1ccc(N2CCC3CCCCC3C2)c(F)c1. The maximum atomic E-state index is 14.5. The van der Waals surface area contributed by atoms with Gasteiger partial charge in [0.15, 0.2) is 0 Å². The van der Waals surface area contributed by atoms with E-state index in [1.54, 1.807) is 6.07 Å². The third-order valence-corrected chi connectivity index (χ3v) is 5.54. The van der Waals surface area contributed by atoms with Crippen molar-refractivity contribution in [1.29, 1.82) is 0 Å². The van der Waals surface area contributed by atoms with Gasteiger partial charge in [-0.05, 0) is 56.3 Å². The Morgan fingerprint density at radius 1 is 1.19 bits per heavy atom. The summed E-state index contributed by atoms with van der Waals surface area (Å²) in [5, 5.41) is 3.16. The van der Waals surface area contributed by atoms with E-state index in [1.165, 1.54) is 32.1 Å². The lowest BCUT2D eigenvalue weighted by atomic mass is 9.75. The van der Waals surface area contributed by atoms with Crippen LogP contribution < -0.4 is 10.2 Å². The Kier molecular flexibility index (Phi) is 4.48. The number of anilines is 1. The second-order valence-corrected chi connectivity index (χ2v) is 6.76. The number of nitrogens with zero attached hydrogens (tertiary/aromatic N) is 1. The molecule has 1 aliphatic carbocycles. The first-order valence-corrected chi connectivity index (χ1v) is 8.40. The summed E-state index contributed by atoms with van der Waals surface area (Å²) < 4.78 is 14.5. The van der Waals surface area contributed by atoms with Gasteiger partial charge in [0.2, 0.25) is 0 Å². The van der Waals surface area contributed by atoms with Crippen molar-refractivity contribution in [3.63, 3.8) is 0 Å². The Morgan fingerprint density at radius 3 is 2.67 bits per heavy atom. The van der Waals surface area contributed by atoms with Crippen molar-refractivity contribution in [3.05, 3.63) is 29.6 Å². The Hall–Kier alpha value is -1.09. The highest BCUT2D eigenvalue weighted by atomic mass is 19.1. The van der Waals surface area contributed by atoms with E-state index in [4.69, 9.17) is 0 Å². The van der Waals surface area contributed by atoms with Gasteiger partial charge in [0.1, 0.15) is 5.82 Å². The molecule has 116 valence electrons. The molecule has 3 heteroatoms. The van der Waals surface area contributed by atoms with Gasteiger partial charge in [0.25, 0.3) is 0 Å². The summed E-state index contributed by atoms with van der Waals surface area (Å²) >= 11 is 0. The van der Waals surface area contributed by atoms with Crippen LogP contribution in [0.3, 0.4) is 0 Å². The predicted molar refractivity (Wildman–Crippen MR) is 86.2 cm³/mol. The molecule has 2 nitrogen and oxygen atoms in total. The first-order valence-electron chi connectivity index (χ1n) is 8.40. The Labute approximate surface area is 127 Å². The summed E-state index contributed by atoms with van der Waals surface area (Å²) in [5.41, 5.74) is 1.82. The molecule has 0 bridgehead atoms.